The molecule has 0 radical (unpaired) electrons. The third-order valence-electron chi connectivity index (χ3n) is 5.26. The molecule has 2 heterocycles. The number of fused-ring (bicyclic) bond motifs is 1. The van der Waals surface area contributed by atoms with Crippen LogP contribution in [-0.2, 0) is 6.42 Å². The van der Waals surface area contributed by atoms with Gasteiger partial charge in [-0.2, -0.15) is 0 Å². The number of nitrogens with zero attached hydrogens (tertiary/aromatic N) is 1. The molecule has 3 rings (SSSR count). The zero-order valence-electron chi connectivity index (χ0n) is 13.3. The number of methoxy groups -OCH3 is 1. The average molecular weight is 288 g/mol. The molecule has 2 fully saturated rings. The minimum atomic E-state index is 0.680. The summed E-state index contributed by atoms with van der Waals surface area (Å²) in [7, 11) is 1.72. The Morgan fingerprint density at radius 2 is 2.10 bits per heavy atom. The molecule has 3 unspecified atom stereocenters. The number of nitrogens with one attached hydrogen (secondary N) is 1. The van der Waals surface area contributed by atoms with Gasteiger partial charge in [0.1, 0.15) is 5.75 Å². The van der Waals surface area contributed by atoms with Crippen molar-refractivity contribution in [3.8, 4) is 5.75 Å². The molecule has 116 valence electrons. The highest BCUT2D eigenvalue weighted by atomic mass is 16.5. The summed E-state index contributed by atoms with van der Waals surface area (Å²) in [6, 6.07) is 9.94. The van der Waals surface area contributed by atoms with Gasteiger partial charge in [-0.05, 0) is 62.8 Å². The molecule has 0 aliphatic carbocycles. The first-order valence-corrected chi connectivity index (χ1v) is 8.36. The number of ether oxygens (including phenoxy) is 1. The smallest absolute Gasteiger partial charge is 0.118 e. The lowest BCUT2D eigenvalue weighted by Gasteiger charge is -2.25. The predicted molar refractivity (Wildman–Crippen MR) is 86.9 cm³/mol. The summed E-state index contributed by atoms with van der Waals surface area (Å²) in [6.45, 7) is 6.14. The average Bonchev–Trinajstić information content (AvgIpc) is 2.97. The summed E-state index contributed by atoms with van der Waals surface area (Å²) >= 11 is 0. The quantitative estimate of drug-likeness (QED) is 0.901. The topological polar surface area (TPSA) is 24.5 Å². The van der Waals surface area contributed by atoms with Crippen LogP contribution < -0.4 is 10.1 Å². The molecule has 0 spiro atoms. The van der Waals surface area contributed by atoms with Crippen molar-refractivity contribution in [1.29, 1.82) is 0 Å². The van der Waals surface area contributed by atoms with Gasteiger partial charge in [0.25, 0.3) is 0 Å². The Kier molecular flexibility index (Phi) is 4.81. The summed E-state index contributed by atoms with van der Waals surface area (Å²) in [6.07, 6.45) is 5.17. The van der Waals surface area contributed by atoms with Gasteiger partial charge in [0, 0.05) is 25.2 Å². The first kappa shape index (κ1) is 14.9. The second-order valence-electron chi connectivity index (χ2n) is 6.65. The Morgan fingerprint density at radius 1 is 1.29 bits per heavy atom. The van der Waals surface area contributed by atoms with E-state index in [-0.39, 0.29) is 0 Å². The molecule has 3 heteroatoms. The van der Waals surface area contributed by atoms with Crippen LogP contribution in [0.1, 0.15) is 31.7 Å². The summed E-state index contributed by atoms with van der Waals surface area (Å²) < 4.78 is 5.22. The molecule has 0 bridgehead atoms. The van der Waals surface area contributed by atoms with Crippen molar-refractivity contribution in [3.63, 3.8) is 0 Å². The molecule has 0 saturated carbocycles. The van der Waals surface area contributed by atoms with Gasteiger partial charge in [-0.3, -0.25) is 4.90 Å². The molecule has 1 aromatic carbocycles. The van der Waals surface area contributed by atoms with E-state index in [0.29, 0.717) is 6.04 Å². The van der Waals surface area contributed by atoms with E-state index in [1.807, 2.05) is 0 Å². The summed E-state index contributed by atoms with van der Waals surface area (Å²) in [5.41, 5.74) is 1.41. The van der Waals surface area contributed by atoms with Crippen molar-refractivity contribution < 1.29 is 4.74 Å². The van der Waals surface area contributed by atoms with Crippen LogP contribution in [0.15, 0.2) is 24.3 Å². The SMILES string of the molecule is COc1ccc(CCC(C)N2CC3CCCNC3C2)cc1. The fraction of sp³-hybridized carbons (Fsp3) is 0.667. The molecule has 0 aromatic heterocycles. The van der Waals surface area contributed by atoms with Crippen molar-refractivity contribution in [1.82, 2.24) is 10.2 Å². The standard InChI is InChI=1S/C18H28N2O/c1-14(5-6-15-7-9-17(21-2)10-8-15)20-12-16-4-3-11-19-18(16)13-20/h7-10,14,16,18-19H,3-6,11-13H2,1-2H3. The van der Waals surface area contributed by atoms with E-state index < -0.39 is 0 Å². The number of hydrogen-bond acceptors (Lipinski definition) is 3. The van der Waals surface area contributed by atoms with Crippen LogP contribution in [0, 0.1) is 5.92 Å². The van der Waals surface area contributed by atoms with Gasteiger partial charge in [-0.25, -0.2) is 0 Å². The number of hydrogen-bond donors (Lipinski definition) is 1. The minimum Gasteiger partial charge on any atom is -0.497 e. The molecule has 1 aromatic rings. The van der Waals surface area contributed by atoms with Gasteiger partial charge >= 0.3 is 0 Å². The van der Waals surface area contributed by atoms with Crippen molar-refractivity contribution in [3.05, 3.63) is 29.8 Å². The second kappa shape index (κ2) is 6.80. The van der Waals surface area contributed by atoms with Gasteiger partial charge in [-0.1, -0.05) is 12.1 Å². The maximum Gasteiger partial charge on any atom is 0.118 e. The van der Waals surface area contributed by atoms with Crippen LogP contribution in [0.3, 0.4) is 0 Å². The third-order valence-corrected chi connectivity index (χ3v) is 5.26. The maximum atomic E-state index is 5.22. The number of aryl methyl sites for hydroxylation is 1. The van der Waals surface area contributed by atoms with Crippen LogP contribution >= 0.6 is 0 Å². The predicted octanol–water partition coefficient (Wildman–Crippen LogP) is 2.70. The largest absolute Gasteiger partial charge is 0.497 e. The van der Waals surface area contributed by atoms with Gasteiger partial charge in [-0.15, -0.1) is 0 Å². The molecular weight excluding hydrogens is 260 g/mol. The zero-order valence-corrected chi connectivity index (χ0v) is 13.3. The number of benzene rings is 1. The van der Waals surface area contributed by atoms with Gasteiger partial charge in [0.15, 0.2) is 0 Å². The van der Waals surface area contributed by atoms with Crippen molar-refractivity contribution in [2.24, 2.45) is 5.92 Å². The van der Waals surface area contributed by atoms with Gasteiger partial charge in [0.2, 0.25) is 0 Å². The summed E-state index contributed by atoms with van der Waals surface area (Å²) in [5, 5.41) is 3.70. The van der Waals surface area contributed by atoms with E-state index in [4.69, 9.17) is 4.74 Å². The fourth-order valence-electron chi connectivity index (χ4n) is 3.79. The van der Waals surface area contributed by atoms with Crippen LogP contribution in [0.4, 0.5) is 0 Å². The second-order valence-corrected chi connectivity index (χ2v) is 6.65. The Labute approximate surface area is 128 Å². The minimum absolute atomic E-state index is 0.680. The molecule has 2 saturated heterocycles. The van der Waals surface area contributed by atoms with Crippen LogP contribution in [0.5, 0.6) is 5.75 Å². The third kappa shape index (κ3) is 3.58. The maximum absolute atomic E-state index is 5.22. The monoisotopic (exact) mass is 288 g/mol. The lowest BCUT2D eigenvalue weighted by Crippen LogP contribution is -2.41. The van der Waals surface area contributed by atoms with Crippen LogP contribution in [-0.4, -0.2) is 43.7 Å². The van der Waals surface area contributed by atoms with Crippen LogP contribution in [0.2, 0.25) is 0 Å². The first-order chi connectivity index (χ1) is 10.3. The first-order valence-electron chi connectivity index (χ1n) is 8.36. The summed E-state index contributed by atoms with van der Waals surface area (Å²) in [4.78, 5) is 2.69. The van der Waals surface area contributed by atoms with Crippen molar-refractivity contribution in [2.45, 2.75) is 44.7 Å². The lowest BCUT2D eigenvalue weighted by atomic mass is 9.94. The molecule has 2 aliphatic rings. The van der Waals surface area contributed by atoms with Crippen molar-refractivity contribution >= 4 is 0 Å². The van der Waals surface area contributed by atoms with E-state index in [2.05, 4.69) is 41.4 Å². The Balaban J connectivity index is 1.48. The number of likely N-dealkylation sites (tertiary alicyclic amines) is 1. The normalized spacial score (nSPS) is 27.3. The van der Waals surface area contributed by atoms with Gasteiger partial charge in [0.05, 0.1) is 7.11 Å². The molecule has 2 aliphatic heterocycles. The number of piperidine rings is 1. The highest BCUT2D eigenvalue weighted by molar-refractivity contribution is 5.27. The highest BCUT2D eigenvalue weighted by Gasteiger charge is 2.35. The molecule has 0 amide bonds. The van der Waals surface area contributed by atoms with Crippen molar-refractivity contribution in [2.75, 3.05) is 26.7 Å². The van der Waals surface area contributed by atoms with E-state index in [1.54, 1.807) is 7.11 Å². The van der Waals surface area contributed by atoms with E-state index >= 15 is 0 Å². The molecule has 3 nitrogen and oxygen atoms in total. The molecule has 3 atom stereocenters. The lowest BCUT2D eigenvalue weighted by molar-refractivity contribution is 0.236. The van der Waals surface area contributed by atoms with E-state index in [9.17, 15) is 0 Å². The highest BCUT2D eigenvalue weighted by Crippen LogP contribution is 2.27. The van der Waals surface area contributed by atoms with Gasteiger partial charge < -0.3 is 10.1 Å². The summed E-state index contributed by atoms with van der Waals surface area (Å²) in [5.74, 6) is 1.84. The van der Waals surface area contributed by atoms with E-state index in [1.165, 1.54) is 44.5 Å². The Hall–Kier alpha value is -1.06. The fourth-order valence-corrected chi connectivity index (χ4v) is 3.79. The van der Waals surface area contributed by atoms with E-state index in [0.717, 1.165) is 24.1 Å². The molecule has 21 heavy (non-hydrogen) atoms. The molecular formula is C18H28N2O. The Morgan fingerprint density at radius 3 is 2.81 bits per heavy atom. The van der Waals surface area contributed by atoms with Crippen LogP contribution in [0.25, 0.3) is 0 Å². The molecule has 1 N–H and O–H groups in total. The number of rotatable bonds is 5. The Bertz CT molecular complexity index is 431. The zero-order chi connectivity index (χ0) is 14.7.